The molecule has 3 N–H and O–H groups in total. The molecular formula is C35H47N5O2. The third-order valence-corrected chi connectivity index (χ3v) is 7.50. The quantitative estimate of drug-likeness (QED) is 0.0861. The number of nitriles is 1. The lowest BCUT2D eigenvalue weighted by Gasteiger charge is -2.31. The predicted octanol–water partition coefficient (Wildman–Crippen LogP) is 8.57. The fourth-order valence-electron chi connectivity index (χ4n) is 4.95. The third-order valence-electron chi connectivity index (χ3n) is 7.50. The number of rotatable bonds is 15. The Balaban J connectivity index is 1.92. The molecule has 0 spiro atoms. The Bertz CT molecular complexity index is 1350. The smallest absolute Gasteiger partial charge is 0.292 e. The zero-order chi connectivity index (χ0) is 30.5. The van der Waals surface area contributed by atoms with Crippen molar-refractivity contribution >= 4 is 17.2 Å². The summed E-state index contributed by atoms with van der Waals surface area (Å²) in [5.41, 5.74) is 5.52. The van der Waals surface area contributed by atoms with Gasteiger partial charge in [-0.25, -0.2) is 0 Å². The molecule has 0 aromatic heterocycles. The first-order valence-corrected chi connectivity index (χ1v) is 15.3. The van der Waals surface area contributed by atoms with E-state index >= 15 is 0 Å². The van der Waals surface area contributed by atoms with Crippen molar-refractivity contribution in [2.45, 2.75) is 80.1 Å². The van der Waals surface area contributed by atoms with Crippen LogP contribution in [0.4, 0.5) is 11.4 Å². The lowest BCUT2D eigenvalue weighted by molar-refractivity contribution is 0.438. The van der Waals surface area contributed by atoms with E-state index in [0.29, 0.717) is 17.2 Å². The molecule has 2 aromatic carbocycles. The molecule has 0 saturated carbocycles. The third kappa shape index (κ3) is 8.91. The Hall–Kier alpha value is -4.18. The number of amidine groups is 1. The van der Waals surface area contributed by atoms with Crippen molar-refractivity contribution in [2.75, 3.05) is 23.3 Å². The van der Waals surface area contributed by atoms with Crippen LogP contribution in [0.2, 0.25) is 0 Å². The number of unbranched alkanes of at least 4 members (excludes halogenated alkanes) is 2. The first-order chi connectivity index (χ1) is 20.3. The highest BCUT2D eigenvalue weighted by molar-refractivity contribution is 6.08. The highest BCUT2D eigenvalue weighted by Gasteiger charge is 2.20. The van der Waals surface area contributed by atoms with Crippen molar-refractivity contribution in [1.82, 2.24) is 5.32 Å². The summed E-state index contributed by atoms with van der Waals surface area (Å²) in [7, 11) is 0. The van der Waals surface area contributed by atoms with Gasteiger partial charge in [0.15, 0.2) is 5.75 Å². The second-order valence-electron chi connectivity index (χ2n) is 10.9. The summed E-state index contributed by atoms with van der Waals surface area (Å²) in [6, 6.07) is 9.76. The van der Waals surface area contributed by atoms with Gasteiger partial charge in [0.05, 0.1) is 5.56 Å². The molecule has 1 aliphatic rings. The Kier molecular flexibility index (Phi) is 12.6. The van der Waals surface area contributed by atoms with Crippen LogP contribution in [0.25, 0.3) is 0 Å². The maximum atomic E-state index is 9.44. The molecule has 0 bridgehead atoms. The number of aryl methyl sites for hydroxylation is 2. The van der Waals surface area contributed by atoms with Crippen LogP contribution in [-0.4, -0.2) is 18.9 Å². The maximum Gasteiger partial charge on any atom is 0.292 e. The molecule has 42 heavy (non-hydrogen) atoms. The summed E-state index contributed by atoms with van der Waals surface area (Å²) in [6.07, 6.45) is 15.9. The van der Waals surface area contributed by atoms with Gasteiger partial charge in [-0.3, -0.25) is 5.41 Å². The van der Waals surface area contributed by atoms with Crippen LogP contribution in [0.1, 0.15) is 83.4 Å². The molecule has 0 fully saturated rings. The number of nitrogens with zero attached hydrogens (tertiary/aromatic N) is 2. The summed E-state index contributed by atoms with van der Waals surface area (Å²) in [5.74, 6) is 2.61. The van der Waals surface area contributed by atoms with Crippen LogP contribution in [0.15, 0.2) is 66.2 Å². The van der Waals surface area contributed by atoms with Gasteiger partial charge in [0.25, 0.3) is 6.26 Å². The van der Waals surface area contributed by atoms with Gasteiger partial charge in [0.2, 0.25) is 0 Å². The van der Waals surface area contributed by atoms with Crippen molar-refractivity contribution < 1.29 is 9.47 Å². The van der Waals surface area contributed by atoms with Gasteiger partial charge < -0.3 is 25.0 Å². The largest absolute Gasteiger partial charge is 0.457 e. The second-order valence-corrected chi connectivity index (χ2v) is 10.9. The van der Waals surface area contributed by atoms with Gasteiger partial charge in [-0.2, -0.15) is 0 Å². The summed E-state index contributed by atoms with van der Waals surface area (Å²) in [4.78, 5) is 2.47. The molecule has 1 aliphatic heterocycles. The van der Waals surface area contributed by atoms with Crippen molar-refractivity contribution in [3.63, 3.8) is 0 Å². The first kappa shape index (κ1) is 32.3. The van der Waals surface area contributed by atoms with Gasteiger partial charge in [0.1, 0.15) is 17.3 Å². The average molecular weight is 570 g/mol. The van der Waals surface area contributed by atoms with Gasteiger partial charge in [-0.1, -0.05) is 59.5 Å². The summed E-state index contributed by atoms with van der Waals surface area (Å²) < 4.78 is 11.6. The van der Waals surface area contributed by atoms with Gasteiger partial charge in [-0.05, 0) is 80.1 Å². The van der Waals surface area contributed by atoms with E-state index < -0.39 is 0 Å². The SMILES string of the molecule is C/C=C1\C=C(Oc2ccc(NC(=N)c3cc(N(CCCCC)CC(C)CC)c(CCC)cc3OC#N)cc2C)C=CN1. The Morgan fingerprint density at radius 1 is 1.14 bits per heavy atom. The maximum absolute atomic E-state index is 9.44. The van der Waals surface area contributed by atoms with Crippen LogP contribution in [0.5, 0.6) is 11.5 Å². The highest BCUT2D eigenvalue weighted by Crippen LogP contribution is 2.33. The van der Waals surface area contributed by atoms with Crippen molar-refractivity contribution in [2.24, 2.45) is 5.92 Å². The van der Waals surface area contributed by atoms with Crippen LogP contribution in [0.3, 0.4) is 0 Å². The van der Waals surface area contributed by atoms with Crippen molar-refractivity contribution in [1.29, 1.82) is 10.7 Å². The summed E-state index contributed by atoms with van der Waals surface area (Å²) in [6.45, 7) is 14.8. The molecule has 0 amide bonds. The lowest BCUT2D eigenvalue weighted by Crippen LogP contribution is -2.31. The second kappa shape index (κ2) is 16.3. The molecule has 3 rings (SSSR count). The highest BCUT2D eigenvalue weighted by atomic mass is 16.5. The van der Waals surface area contributed by atoms with E-state index in [1.165, 1.54) is 12.8 Å². The molecule has 2 aromatic rings. The first-order valence-electron chi connectivity index (χ1n) is 15.3. The molecule has 0 saturated heterocycles. The molecular weight excluding hydrogens is 522 g/mol. The molecule has 1 unspecified atom stereocenters. The van der Waals surface area contributed by atoms with Crippen molar-refractivity contribution in [3.05, 3.63) is 82.9 Å². The van der Waals surface area contributed by atoms with E-state index in [9.17, 15) is 5.26 Å². The average Bonchev–Trinajstić information content (AvgIpc) is 2.98. The molecule has 1 atom stereocenters. The Morgan fingerprint density at radius 2 is 1.95 bits per heavy atom. The number of anilines is 2. The fourth-order valence-corrected chi connectivity index (χ4v) is 4.95. The van der Waals surface area contributed by atoms with E-state index in [0.717, 1.165) is 78.5 Å². The predicted molar refractivity (Wildman–Crippen MR) is 174 cm³/mol. The van der Waals surface area contributed by atoms with Crippen LogP contribution in [0, 0.1) is 29.8 Å². The summed E-state index contributed by atoms with van der Waals surface area (Å²) >= 11 is 0. The minimum Gasteiger partial charge on any atom is -0.457 e. The van der Waals surface area contributed by atoms with Gasteiger partial charge >= 0.3 is 0 Å². The molecule has 1 heterocycles. The van der Waals surface area contributed by atoms with Gasteiger partial charge in [0, 0.05) is 42.4 Å². The van der Waals surface area contributed by atoms with E-state index in [1.807, 2.05) is 74.9 Å². The lowest BCUT2D eigenvalue weighted by atomic mass is 10.00. The monoisotopic (exact) mass is 569 g/mol. The minimum atomic E-state index is 0.177. The number of benzene rings is 2. The number of allylic oxidation sites excluding steroid dienone is 3. The molecule has 7 heteroatoms. The number of dihydropyridines is 1. The summed E-state index contributed by atoms with van der Waals surface area (Å²) in [5, 5.41) is 24.9. The minimum absolute atomic E-state index is 0.177. The zero-order valence-corrected chi connectivity index (χ0v) is 26.1. The van der Waals surface area contributed by atoms with Crippen LogP contribution in [-0.2, 0) is 6.42 Å². The molecule has 0 radical (unpaired) electrons. The van der Waals surface area contributed by atoms with Crippen molar-refractivity contribution in [3.8, 4) is 17.8 Å². The standard InChI is InChI=1S/C35H47N5O2/c1-7-11-12-18-40(23-25(5)9-3)32-22-31(34(41-24-36)20-27(32)13-8-2)35(37)39-29-14-15-33(26(6)19-29)42-30-16-17-38-28(10-4)21-30/h10,14-17,19-22,25,38H,7-9,11-13,18,23H2,1-6H3,(H2,37,39)/b28-10+. The normalized spacial score (nSPS) is 14.0. The Labute approximate surface area is 252 Å². The number of ether oxygens (including phenoxy) is 2. The topological polar surface area (TPSA) is 93.4 Å². The van der Waals surface area contributed by atoms with E-state index in [1.54, 1.807) is 0 Å². The van der Waals surface area contributed by atoms with E-state index in [-0.39, 0.29) is 5.84 Å². The molecule has 224 valence electrons. The molecule has 7 nitrogen and oxygen atoms in total. The zero-order valence-electron chi connectivity index (χ0n) is 26.1. The Morgan fingerprint density at radius 3 is 2.62 bits per heavy atom. The van der Waals surface area contributed by atoms with E-state index in [2.05, 4.69) is 43.2 Å². The number of hydrogen-bond donors (Lipinski definition) is 3. The number of nitrogens with one attached hydrogen (secondary N) is 3. The fraction of sp³-hybridized carbons (Fsp3) is 0.429. The van der Waals surface area contributed by atoms with Crippen LogP contribution >= 0.6 is 0 Å². The number of hydrogen-bond acceptors (Lipinski definition) is 6. The van der Waals surface area contributed by atoms with Gasteiger partial charge in [-0.15, -0.1) is 5.26 Å². The van der Waals surface area contributed by atoms with Crippen LogP contribution < -0.4 is 25.0 Å². The molecule has 0 aliphatic carbocycles. The van der Waals surface area contributed by atoms with E-state index in [4.69, 9.17) is 14.9 Å².